The number of benzene rings is 1. The van der Waals surface area contributed by atoms with Crippen molar-refractivity contribution < 1.29 is 9.53 Å². The van der Waals surface area contributed by atoms with Crippen LogP contribution in [0, 0.1) is 0 Å². The van der Waals surface area contributed by atoms with Crippen molar-refractivity contribution >= 4 is 28.6 Å². The molecule has 0 spiro atoms. The summed E-state index contributed by atoms with van der Waals surface area (Å²) < 4.78 is 7.46. The fourth-order valence-electron chi connectivity index (χ4n) is 4.17. The second-order valence-electron chi connectivity index (χ2n) is 8.07. The normalized spacial score (nSPS) is 21.3. The molecule has 2 aromatic rings. The van der Waals surface area contributed by atoms with Gasteiger partial charge in [0.1, 0.15) is 0 Å². The van der Waals surface area contributed by atoms with E-state index in [-0.39, 0.29) is 28.9 Å². The smallest absolute Gasteiger partial charge is 0.262 e. The Labute approximate surface area is 175 Å². The highest BCUT2D eigenvalue weighted by molar-refractivity contribution is 8.00. The number of hydrogen-bond donors (Lipinski definition) is 1. The van der Waals surface area contributed by atoms with Gasteiger partial charge in [-0.2, -0.15) is 0 Å². The zero-order valence-electron chi connectivity index (χ0n) is 16.9. The Hall–Kier alpha value is -1.86. The largest absolute Gasteiger partial charge is 0.376 e. The topological polar surface area (TPSA) is 73.2 Å². The summed E-state index contributed by atoms with van der Waals surface area (Å²) >= 11 is 1.36. The fraction of sp³-hybridized carbons (Fsp3) is 0.591. The zero-order chi connectivity index (χ0) is 20.2. The lowest BCUT2D eigenvalue weighted by Crippen LogP contribution is -2.40. The molecule has 156 valence electrons. The molecule has 1 saturated heterocycles. The van der Waals surface area contributed by atoms with Crippen LogP contribution < -0.4 is 10.9 Å². The monoisotopic (exact) mass is 415 g/mol. The van der Waals surface area contributed by atoms with Gasteiger partial charge in [0.05, 0.1) is 28.8 Å². The number of amides is 1. The van der Waals surface area contributed by atoms with E-state index in [1.54, 1.807) is 4.57 Å². The Bertz CT molecular complexity index is 917. The van der Waals surface area contributed by atoms with E-state index >= 15 is 0 Å². The highest BCUT2D eigenvalue weighted by atomic mass is 32.2. The molecule has 2 aliphatic rings. The number of nitrogens with zero attached hydrogens (tertiary/aromatic N) is 2. The molecule has 1 aliphatic carbocycles. The van der Waals surface area contributed by atoms with Crippen LogP contribution in [0.2, 0.25) is 0 Å². The number of carbonyl (C=O) groups excluding carboxylic acids is 1. The molecule has 2 atom stereocenters. The average Bonchev–Trinajstić information content (AvgIpc) is 3.25. The highest BCUT2D eigenvalue weighted by Crippen LogP contribution is 2.25. The summed E-state index contributed by atoms with van der Waals surface area (Å²) in [4.78, 5) is 30.6. The van der Waals surface area contributed by atoms with Crippen molar-refractivity contribution in [3.05, 3.63) is 34.6 Å². The van der Waals surface area contributed by atoms with E-state index in [4.69, 9.17) is 9.72 Å². The maximum atomic E-state index is 13.2. The molecule has 1 N–H and O–H groups in total. The van der Waals surface area contributed by atoms with E-state index in [1.165, 1.54) is 31.0 Å². The van der Waals surface area contributed by atoms with Gasteiger partial charge in [-0.15, -0.1) is 0 Å². The first-order valence-corrected chi connectivity index (χ1v) is 11.6. The van der Waals surface area contributed by atoms with Crippen LogP contribution in [0.15, 0.2) is 34.2 Å². The van der Waals surface area contributed by atoms with Gasteiger partial charge in [-0.3, -0.25) is 14.2 Å². The summed E-state index contributed by atoms with van der Waals surface area (Å²) in [5.41, 5.74) is 0.608. The van der Waals surface area contributed by atoms with Crippen LogP contribution in [0.5, 0.6) is 0 Å². The number of para-hydroxylation sites is 1. The lowest BCUT2D eigenvalue weighted by atomic mass is 9.95. The summed E-state index contributed by atoms with van der Waals surface area (Å²) in [5, 5.41) is 4.06. The Morgan fingerprint density at radius 1 is 1.24 bits per heavy atom. The molecule has 2 heterocycles. The maximum Gasteiger partial charge on any atom is 0.262 e. The molecule has 1 amide bonds. The van der Waals surface area contributed by atoms with Crippen LogP contribution in [0.3, 0.4) is 0 Å². The Balaban J connectivity index is 1.57. The maximum absolute atomic E-state index is 13.2. The standard InChI is InChI=1S/C22H29N3O3S/c1-15(20(26)23-16-8-3-2-4-9-16)29-22-24-19-12-6-5-11-18(19)21(27)25(22)14-17-10-7-13-28-17/h5-6,11-12,15-17H,2-4,7-10,13-14H2,1H3,(H,23,26). The minimum Gasteiger partial charge on any atom is -0.376 e. The first-order chi connectivity index (χ1) is 14.1. The van der Waals surface area contributed by atoms with Crippen LogP contribution >= 0.6 is 11.8 Å². The second kappa shape index (κ2) is 9.30. The third kappa shape index (κ3) is 4.83. The summed E-state index contributed by atoms with van der Waals surface area (Å²) in [6.45, 7) is 3.11. The van der Waals surface area contributed by atoms with Crippen molar-refractivity contribution in [3.8, 4) is 0 Å². The molecule has 4 rings (SSSR count). The summed E-state index contributed by atoms with van der Waals surface area (Å²) in [6.07, 6.45) is 7.72. The molecular formula is C22H29N3O3S. The van der Waals surface area contributed by atoms with Crippen LogP contribution in [0.4, 0.5) is 0 Å². The molecular weight excluding hydrogens is 386 g/mol. The van der Waals surface area contributed by atoms with Crippen molar-refractivity contribution in [2.45, 2.75) is 81.0 Å². The van der Waals surface area contributed by atoms with Gasteiger partial charge >= 0.3 is 0 Å². The number of thioether (sulfide) groups is 1. The molecule has 1 aliphatic heterocycles. The van der Waals surface area contributed by atoms with Gasteiger partial charge in [0.15, 0.2) is 5.16 Å². The van der Waals surface area contributed by atoms with E-state index in [0.29, 0.717) is 22.6 Å². The van der Waals surface area contributed by atoms with Crippen molar-refractivity contribution in [1.82, 2.24) is 14.9 Å². The molecule has 6 nitrogen and oxygen atoms in total. The number of nitrogens with one attached hydrogen (secondary N) is 1. The van der Waals surface area contributed by atoms with E-state index in [9.17, 15) is 9.59 Å². The number of rotatable bonds is 6. The van der Waals surface area contributed by atoms with E-state index in [0.717, 1.165) is 32.3 Å². The summed E-state index contributed by atoms with van der Waals surface area (Å²) in [7, 11) is 0. The molecule has 0 bridgehead atoms. The number of ether oxygens (including phenoxy) is 1. The van der Waals surface area contributed by atoms with Crippen molar-refractivity contribution in [2.24, 2.45) is 0 Å². The molecule has 7 heteroatoms. The Kier molecular flexibility index (Phi) is 6.55. The Morgan fingerprint density at radius 2 is 2.03 bits per heavy atom. The van der Waals surface area contributed by atoms with Crippen LogP contribution in [0.1, 0.15) is 51.9 Å². The van der Waals surface area contributed by atoms with Gasteiger partial charge in [-0.1, -0.05) is 43.2 Å². The zero-order valence-corrected chi connectivity index (χ0v) is 17.7. The lowest BCUT2D eigenvalue weighted by Gasteiger charge is -2.24. The van der Waals surface area contributed by atoms with Crippen molar-refractivity contribution in [2.75, 3.05) is 6.61 Å². The summed E-state index contributed by atoms with van der Waals surface area (Å²) in [5.74, 6) is 0.0213. The summed E-state index contributed by atoms with van der Waals surface area (Å²) in [6, 6.07) is 7.67. The van der Waals surface area contributed by atoms with Gasteiger partial charge < -0.3 is 10.1 Å². The molecule has 1 aromatic carbocycles. The third-order valence-corrected chi connectivity index (χ3v) is 6.93. The minimum atomic E-state index is -0.319. The highest BCUT2D eigenvalue weighted by Gasteiger charge is 2.24. The number of fused-ring (bicyclic) bond motifs is 1. The number of carbonyl (C=O) groups is 1. The van der Waals surface area contributed by atoms with Crippen LogP contribution in [0.25, 0.3) is 10.9 Å². The first-order valence-electron chi connectivity index (χ1n) is 10.7. The van der Waals surface area contributed by atoms with Gasteiger partial charge in [0.2, 0.25) is 5.91 Å². The van der Waals surface area contributed by atoms with Crippen molar-refractivity contribution in [3.63, 3.8) is 0 Å². The molecule has 1 saturated carbocycles. The predicted octanol–water partition coefficient (Wildman–Crippen LogP) is 3.51. The Morgan fingerprint density at radius 3 is 2.79 bits per heavy atom. The lowest BCUT2D eigenvalue weighted by molar-refractivity contribution is -0.121. The van der Waals surface area contributed by atoms with Gasteiger partial charge in [-0.05, 0) is 44.7 Å². The molecule has 2 unspecified atom stereocenters. The minimum absolute atomic E-state index is 0.0213. The van der Waals surface area contributed by atoms with E-state index < -0.39 is 0 Å². The second-order valence-corrected chi connectivity index (χ2v) is 9.37. The average molecular weight is 416 g/mol. The van der Waals surface area contributed by atoms with Crippen LogP contribution in [-0.2, 0) is 16.1 Å². The van der Waals surface area contributed by atoms with Gasteiger partial charge in [0.25, 0.3) is 5.56 Å². The number of aromatic nitrogens is 2. The third-order valence-electron chi connectivity index (χ3n) is 5.84. The van der Waals surface area contributed by atoms with Crippen molar-refractivity contribution in [1.29, 1.82) is 0 Å². The quantitative estimate of drug-likeness (QED) is 0.577. The molecule has 2 fully saturated rings. The molecule has 1 aromatic heterocycles. The van der Waals surface area contributed by atoms with Gasteiger partial charge in [-0.25, -0.2) is 4.98 Å². The molecule has 29 heavy (non-hydrogen) atoms. The van der Waals surface area contributed by atoms with Crippen LogP contribution in [-0.4, -0.2) is 39.5 Å². The molecule has 0 radical (unpaired) electrons. The van der Waals surface area contributed by atoms with Gasteiger partial charge in [0, 0.05) is 12.6 Å². The fourth-order valence-corrected chi connectivity index (χ4v) is 5.09. The number of hydrogen-bond acceptors (Lipinski definition) is 5. The predicted molar refractivity (Wildman–Crippen MR) is 115 cm³/mol. The SMILES string of the molecule is CC(Sc1nc2ccccc2c(=O)n1CC1CCCO1)C(=O)NC1CCCCC1. The van der Waals surface area contributed by atoms with E-state index in [1.807, 2.05) is 31.2 Å². The van der Waals surface area contributed by atoms with E-state index in [2.05, 4.69) is 5.32 Å². The first kappa shape index (κ1) is 20.4.